The lowest BCUT2D eigenvalue weighted by Crippen LogP contribution is -2.35. The van der Waals surface area contributed by atoms with Crippen LogP contribution >= 0.6 is 12.4 Å². The molecule has 2 N–H and O–H groups in total. The molecule has 1 rings (SSSR count). The van der Waals surface area contributed by atoms with E-state index in [0.29, 0.717) is 13.0 Å². The van der Waals surface area contributed by atoms with Crippen molar-refractivity contribution in [2.45, 2.75) is 26.7 Å². The highest BCUT2D eigenvalue weighted by molar-refractivity contribution is 5.85. The van der Waals surface area contributed by atoms with Crippen LogP contribution < -0.4 is 10.6 Å². The fourth-order valence-corrected chi connectivity index (χ4v) is 1.86. The zero-order chi connectivity index (χ0) is 14.1. The van der Waals surface area contributed by atoms with E-state index in [0.717, 1.165) is 25.1 Å². The molecular weight excluding hydrogens is 279 g/mol. The third kappa shape index (κ3) is 7.46. The van der Waals surface area contributed by atoms with E-state index in [1.165, 1.54) is 12.1 Å². The zero-order valence-corrected chi connectivity index (χ0v) is 12.9. The van der Waals surface area contributed by atoms with Gasteiger partial charge in [0, 0.05) is 19.0 Å². The van der Waals surface area contributed by atoms with Crippen molar-refractivity contribution in [3.05, 3.63) is 35.6 Å². The van der Waals surface area contributed by atoms with Crippen molar-refractivity contribution in [1.29, 1.82) is 0 Å². The maximum absolute atomic E-state index is 13.0. The van der Waals surface area contributed by atoms with Crippen LogP contribution in [0.2, 0.25) is 0 Å². The summed E-state index contributed by atoms with van der Waals surface area (Å²) in [7, 11) is 0. The number of nitrogens with one attached hydrogen (secondary N) is 2. The third-order valence-electron chi connectivity index (χ3n) is 2.91. The number of rotatable bonds is 8. The van der Waals surface area contributed by atoms with Gasteiger partial charge in [-0.15, -0.1) is 12.4 Å². The van der Waals surface area contributed by atoms with Crippen LogP contribution in [-0.4, -0.2) is 25.5 Å². The molecule has 0 spiro atoms. The van der Waals surface area contributed by atoms with Gasteiger partial charge >= 0.3 is 0 Å². The van der Waals surface area contributed by atoms with E-state index >= 15 is 0 Å². The number of halogens is 2. The SMILES string of the molecule is CCCNCCNC(=O)C(C)Cc1cccc(F)c1.Cl. The second kappa shape index (κ2) is 10.6. The second-order valence-electron chi connectivity index (χ2n) is 4.78. The van der Waals surface area contributed by atoms with Gasteiger partial charge in [-0.3, -0.25) is 4.79 Å². The van der Waals surface area contributed by atoms with Gasteiger partial charge in [0.1, 0.15) is 5.82 Å². The summed E-state index contributed by atoms with van der Waals surface area (Å²) in [4.78, 5) is 11.8. The highest BCUT2D eigenvalue weighted by Crippen LogP contribution is 2.10. The van der Waals surface area contributed by atoms with Crippen LogP contribution in [0.5, 0.6) is 0 Å². The number of amides is 1. The van der Waals surface area contributed by atoms with E-state index in [1.807, 2.05) is 13.0 Å². The van der Waals surface area contributed by atoms with E-state index in [1.54, 1.807) is 6.07 Å². The minimum Gasteiger partial charge on any atom is -0.355 e. The number of carbonyl (C=O) groups is 1. The van der Waals surface area contributed by atoms with E-state index in [-0.39, 0.29) is 30.0 Å². The Morgan fingerprint density at radius 2 is 2.05 bits per heavy atom. The molecule has 0 heterocycles. The largest absolute Gasteiger partial charge is 0.355 e. The first kappa shape index (κ1) is 18.9. The maximum atomic E-state index is 13.0. The van der Waals surface area contributed by atoms with Crippen molar-refractivity contribution in [3.8, 4) is 0 Å². The molecule has 1 aromatic rings. The molecule has 0 saturated heterocycles. The minimum absolute atomic E-state index is 0. The molecule has 114 valence electrons. The molecule has 0 bridgehead atoms. The predicted molar refractivity (Wildman–Crippen MR) is 82.7 cm³/mol. The first-order chi connectivity index (χ1) is 9.13. The monoisotopic (exact) mass is 302 g/mol. The lowest BCUT2D eigenvalue weighted by atomic mass is 10.0. The van der Waals surface area contributed by atoms with E-state index in [9.17, 15) is 9.18 Å². The van der Waals surface area contributed by atoms with Crippen LogP contribution in [0.25, 0.3) is 0 Å². The van der Waals surface area contributed by atoms with Crippen LogP contribution in [0.15, 0.2) is 24.3 Å². The van der Waals surface area contributed by atoms with E-state index in [2.05, 4.69) is 17.6 Å². The Morgan fingerprint density at radius 3 is 2.70 bits per heavy atom. The molecule has 0 aliphatic rings. The minimum atomic E-state index is -0.256. The fraction of sp³-hybridized carbons (Fsp3) is 0.533. The van der Waals surface area contributed by atoms with Gasteiger partial charge in [0.2, 0.25) is 5.91 Å². The van der Waals surface area contributed by atoms with Crippen molar-refractivity contribution >= 4 is 18.3 Å². The molecule has 0 radical (unpaired) electrons. The summed E-state index contributed by atoms with van der Waals surface area (Å²) in [6, 6.07) is 6.40. The molecule has 20 heavy (non-hydrogen) atoms. The summed E-state index contributed by atoms with van der Waals surface area (Å²) >= 11 is 0. The third-order valence-corrected chi connectivity index (χ3v) is 2.91. The number of hydrogen-bond acceptors (Lipinski definition) is 2. The van der Waals surface area contributed by atoms with Crippen molar-refractivity contribution in [3.63, 3.8) is 0 Å². The summed E-state index contributed by atoms with van der Waals surface area (Å²) in [6.45, 7) is 6.35. The Labute approximate surface area is 126 Å². The molecule has 5 heteroatoms. The van der Waals surface area contributed by atoms with Crippen molar-refractivity contribution in [1.82, 2.24) is 10.6 Å². The lowest BCUT2D eigenvalue weighted by Gasteiger charge is -2.12. The van der Waals surface area contributed by atoms with Gasteiger partial charge in [-0.05, 0) is 37.1 Å². The van der Waals surface area contributed by atoms with Gasteiger partial charge in [-0.25, -0.2) is 4.39 Å². The van der Waals surface area contributed by atoms with Gasteiger partial charge in [0.05, 0.1) is 0 Å². The molecule has 0 saturated carbocycles. The fourth-order valence-electron chi connectivity index (χ4n) is 1.86. The average molecular weight is 303 g/mol. The first-order valence-corrected chi connectivity index (χ1v) is 6.86. The maximum Gasteiger partial charge on any atom is 0.223 e. The van der Waals surface area contributed by atoms with Gasteiger partial charge < -0.3 is 10.6 Å². The Morgan fingerprint density at radius 1 is 1.30 bits per heavy atom. The van der Waals surface area contributed by atoms with Gasteiger partial charge in [0.15, 0.2) is 0 Å². The van der Waals surface area contributed by atoms with Gasteiger partial charge in [0.25, 0.3) is 0 Å². The molecule has 1 amide bonds. The number of hydrogen-bond donors (Lipinski definition) is 2. The summed E-state index contributed by atoms with van der Waals surface area (Å²) in [5.41, 5.74) is 0.853. The second-order valence-corrected chi connectivity index (χ2v) is 4.78. The number of carbonyl (C=O) groups excluding carboxylic acids is 1. The molecule has 1 aromatic carbocycles. The highest BCUT2D eigenvalue weighted by atomic mass is 35.5. The quantitative estimate of drug-likeness (QED) is 0.725. The Kier molecular flexibility index (Phi) is 10.0. The molecule has 0 fully saturated rings. The van der Waals surface area contributed by atoms with Crippen LogP contribution in [0.1, 0.15) is 25.8 Å². The van der Waals surface area contributed by atoms with Crippen LogP contribution in [0.3, 0.4) is 0 Å². The predicted octanol–water partition coefficient (Wildman–Crippen LogP) is 2.54. The van der Waals surface area contributed by atoms with E-state index in [4.69, 9.17) is 0 Å². The standard InChI is InChI=1S/C15H23FN2O.ClH/c1-3-7-17-8-9-18-15(19)12(2)10-13-5-4-6-14(16)11-13;/h4-6,11-12,17H,3,7-10H2,1-2H3,(H,18,19);1H. The first-order valence-electron chi connectivity index (χ1n) is 6.86. The number of benzene rings is 1. The topological polar surface area (TPSA) is 41.1 Å². The Balaban J connectivity index is 0.00000361. The molecule has 0 aromatic heterocycles. The molecule has 1 unspecified atom stereocenters. The van der Waals surface area contributed by atoms with E-state index < -0.39 is 0 Å². The highest BCUT2D eigenvalue weighted by Gasteiger charge is 2.13. The van der Waals surface area contributed by atoms with Crippen molar-refractivity contribution < 1.29 is 9.18 Å². The lowest BCUT2D eigenvalue weighted by molar-refractivity contribution is -0.124. The van der Waals surface area contributed by atoms with Gasteiger partial charge in [-0.2, -0.15) is 0 Å². The van der Waals surface area contributed by atoms with Crippen LogP contribution in [0, 0.1) is 11.7 Å². The summed E-state index contributed by atoms with van der Waals surface area (Å²) in [5, 5.41) is 6.10. The molecule has 1 atom stereocenters. The van der Waals surface area contributed by atoms with Crippen molar-refractivity contribution in [2.24, 2.45) is 5.92 Å². The zero-order valence-electron chi connectivity index (χ0n) is 12.1. The molecule has 3 nitrogen and oxygen atoms in total. The Bertz CT molecular complexity index is 401. The normalized spacial score (nSPS) is 11.6. The van der Waals surface area contributed by atoms with Gasteiger partial charge in [-0.1, -0.05) is 26.0 Å². The summed E-state index contributed by atoms with van der Waals surface area (Å²) < 4.78 is 13.0. The van der Waals surface area contributed by atoms with Crippen molar-refractivity contribution in [2.75, 3.05) is 19.6 Å². The summed E-state index contributed by atoms with van der Waals surface area (Å²) in [5.74, 6) is -0.385. The van der Waals surface area contributed by atoms with Crippen LogP contribution in [0.4, 0.5) is 4.39 Å². The van der Waals surface area contributed by atoms with Crippen LogP contribution in [-0.2, 0) is 11.2 Å². The molecular formula is C15H24ClFN2O. The Hall–Kier alpha value is -1.13. The molecule has 0 aliphatic carbocycles. The molecule has 0 aliphatic heterocycles. The average Bonchev–Trinajstić information content (AvgIpc) is 2.38. The smallest absolute Gasteiger partial charge is 0.223 e. The summed E-state index contributed by atoms with van der Waals surface area (Å²) in [6.07, 6.45) is 1.65.